The Hall–Kier alpha value is -1.83. The van der Waals surface area contributed by atoms with Crippen LogP contribution in [0.4, 0.5) is 0 Å². The summed E-state index contributed by atoms with van der Waals surface area (Å²) in [6, 6.07) is 9.98. The highest BCUT2D eigenvalue weighted by atomic mass is 16.1. The fourth-order valence-electron chi connectivity index (χ4n) is 2.46. The Morgan fingerprint density at radius 1 is 1.07 bits per heavy atom. The Balaban J connectivity index is 2.48. The van der Waals surface area contributed by atoms with E-state index < -0.39 is 0 Å². The summed E-state index contributed by atoms with van der Waals surface area (Å²) in [6.07, 6.45) is 2.16. The summed E-state index contributed by atoms with van der Waals surface area (Å²) in [4.78, 5) is 11.3. The lowest BCUT2D eigenvalue weighted by atomic mass is 10.00. The number of aryl methyl sites for hydroxylation is 2. The topological polar surface area (TPSA) is 43.1 Å². The van der Waals surface area contributed by atoms with Crippen LogP contribution < -0.4 is 5.73 Å². The van der Waals surface area contributed by atoms with Gasteiger partial charge in [-0.05, 0) is 40.8 Å². The minimum atomic E-state index is -0.342. The van der Waals surface area contributed by atoms with E-state index in [2.05, 4.69) is 6.07 Å². The predicted octanol–water partition coefficient (Wildman–Crippen LogP) is 2.04. The van der Waals surface area contributed by atoms with Crippen LogP contribution in [0.15, 0.2) is 30.3 Å². The van der Waals surface area contributed by atoms with E-state index in [4.69, 9.17) is 5.73 Å². The van der Waals surface area contributed by atoms with E-state index in [0.29, 0.717) is 5.56 Å². The van der Waals surface area contributed by atoms with E-state index in [1.807, 2.05) is 24.3 Å². The molecule has 0 unspecified atom stereocenters. The van der Waals surface area contributed by atoms with Gasteiger partial charge in [0.25, 0.3) is 0 Å². The van der Waals surface area contributed by atoms with Gasteiger partial charge in [0.15, 0.2) is 0 Å². The normalized spacial score (nSPS) is 13.3. The van der Waals surface area contributed by atoms with Crippen LogP contribution in [0, 0.1) is 0 Å². The first-order valence-corrected chi connectivity index (χ1v) is 5.10. The standard InChI is InChI=1S/C13H11NO/c14-13(15)11-7-6-9-5-4-8-2-1-3-10(11)12(8)9/h1-3,6-7H,4-5H2,(H2,14,15). The quantitative estimate of drug-likeness (QED) is 0.746. The molecule has 0 saturated carbocycles. The highest BCUT2D eigenvalue weighted by molar-refractivity contribution is 6.08. The first kappa shape index (κ1) is 8.48. The van der Waals surface area contributed by atoms with Gasteiger partial charge in [0, 0.05) is 5.56 Å². The summed E-state index contributed by atoms with van der Waals surface area (Å²) in [7, 11) is 0. The number of hydrogen-bond donors (Lipinski definition) is 1. The van der Waals surface area contributed by atoms with Crippen molar-refractivity contribution in [2.24, 2.45) is 5.73 Å². The average Bonchev–Trinajstić information content (AvgIpc) is 2.64. The van der Waals surface area contributed by atoms with Crippen molar-refractivity contribution in [2.45, 2.75) is 12.8 Å². The Labute approximate surface area is 87.7 Å². The minimum Gasteiger partial charge on any atom is -0.366 e. The molecule has 0 heterocycles. The first-order chi connectivity index (χ1) is 7.27. The second kappa shape index (κ2) is 2.83. The van der Waals surface area contributed by atoms with Crippen molar-refractivity contribution in [2.75, 3.05) is 0 Å². The van der Waals surface area contributed by atoms with Crippen LogP contribution in [0.25, 0.3) is 10.8 Å². The van der Waals surface area contributed by atoms with Gasteiger partial charge in [0.1, 0.15) is 0 Å². The molecule has 2 aromatic carbocycles. The molecule has 74 valence electrons. The number of carbonyl (C=O) groups excluding carboxylic acids is 1. The molecule has 0 aromatic heterocycles. The van der Waals surface area contributed by atoms with Crippen LogP contribution in [-0.2, 0) is 12.8 Å². The zero-order valence-corrected chi connectivity index (χ0v) is 8.29. The number of benzene rings is 2. The molecular weight excluding hydrogens is 186 g/mol. The largest absolute Gasteiger partial charge is 0.366 e. The van der Waals surface area contributed by atoms with Crippen molar-refractivity contribution in [3.8, 4) is 0 Å². The Morgan fingerprint density at radius 3 is 2.53 bits per heavy atom. The maximum atomic E-state index is 11.3. The van der Waals surface area contributed by atoms with Gasteiger partial charge < -0.3 is 5.73 Å². The highest BCUT2D eigenvalue weighted by Gasteiger charge is 2.16. The van der Waals surface area contributed by atoms with Crippen LogP contribution in [0.3, 0.4) is 0 Å². The molecule has 2 heteroatoms. The SMILES string of the molecule is NC(=O)c1ccc2c3c(cccc13)CC2. The molecule has 15 heavy (non-hydrogen) atoms. The molecule has 1 aliphatic rings. The van der Waals surface area contributed by atoms with E-state index in [9.17, 15) is 4.79 Å². The van der Waals surface area contributed by atoms with Gasteiger partial charge in [-0.1, -0.05) is 24.3 Å². The maximum absolute atomic E-state index is 11.3. The van der Waals surface area contributed by atoms with Gasteiger partial charge in [-0.15, -0.1) is 0 Å². The van der Waals surface area contributed by atoms with Crippen molar-refractivity contribution in [3.05, 3.63) is 47.0 Å². The van der Waals surface area contributed by atoms with Gasteiger partial charge in [0.2, 0.25) is 5.91 Å². The predicted molar refractivity (Wildman–Crippen MR) is 59.9 cm³/mol. The third kappa shape index (κ3) is 1.08. The zero-order valence-electron chi connectivity index (χ0n) is 8.29. The number of primary amides is 1. The molecule has 1 amide bonds. The number of nitrogens with two attached hydrogens (primary N) is 1. The lowest BCUT2D eigenvalue weighted by molar-refractivity contribution is 0.100. The lowest BCUT2D eigenvalue weighted by Gasteiger charge is -2.05. The van der Waals surface area contributed by atoms with Gasteiger partial charge in [-0.25, -0.2) is 0 Å². The van der Waals surface area contributed by atoms with Gasteiger partial charge in [-0.3, -0.25) is 4.79 Å². The highest BCUT2D eigenvalue weighted by Crippen LogP contribution is 2.32. The Bertz CT molecular complexity index is 562. The fourth-order valence-corrected chi connectivity index (χ4v) is 2.46. The second-order valence-corrected chi connectivity index (χ2v) is 3.98. The first-order valence-electron chi connectivity index (χ1n) is 5.10. The molecule has 2 nitrogen and oxygen atoms in total. The van der Waals surface area contributed by atoms with Crippen molar-refractivity contribution >= 4 is 16.7 Å². The van der Waals surface area contributed by atoms with E-state index in [0.717, 1.165) is 18.2 Å². The van der Waals surface area contributed by atoms with Gasteiger partial charge in [0.05, 0.1) is 0 Å². The average molecular weight is 197 g/mol. The summed E-state index contributed by atoms with van der Waals surface area (Å²) in [6.45, 7) is 0. The molecule has 0 fully saturated rings. The second-order valence-electron chi connectivity index (χ2n) is 3.98. The molecule has 3 rings (SSSR count). The number of carbonyl (C=O) groups is 1. The van der Waals surface area contributed by atoms with Crippen LogP contribution in [0.2, 0.25) is 0 Å². The minimum absolute atomic E-state index is 0.342. The monoisotopic (exact) mass is 197 g/mol. The van der Waals surface area contributed by atoms with Crippen LogP contribution in [0.1, 0.15) is 21.5 Å². The number of hydrogen-bond acceptors (Lipinski definition) is 1. The molecule has 0 radical (unpaired) electrons. The smallest absolute Gasteiger partial charge is 0.249 e. The van der Waals surface area contributed by atoms with E-state index in [-0.39, 0.29) is 5.91 Å². The molecule has 2 aromatic rings. The summed E-state index contributed by atoms with van der Waals surface area (Å²) in [5.74, 6) is -0.342. The molecule has 1 aliphatic carbocycles. The third-order valence-electron chi connectivity index (χ3n) is 3.14. The lowest BCUT2D eigenvalue weighted by Crippen LogP contribution is -2.11. The zero-order chi connectivity index (χ0) is 10.4. The van der Waals surface area contributed by atoms with E-state index >= 15 is 0 Å². The van der Waals surface area contributed by atoms with Crippen LogP contribution >= 0.6 is 0 Å². The molecule has 0 atom stereocenters. The molecule has 0 aliphatic heterocycles. The third-order valence-corrected chi connectivity index (χ3v) is 3.14. The molecular formula is C13H11NO. The van der Waals surface area contributed by atoms with Gasteiger partial charge in [-0.2, -0.15) is 0 Å². The van der Waals surface area contributed by atoms with Gasteiger partial charge >= 0.3 is 0 Å². The van der Waals surface area contributed by atoms with Crippen molar-refractivity contribution < 1.29 is 4.79 Å². The summed E-state index contributed by atoms with van der Waals surface area (Å²) in [5.41, 5.74) is 8.68. The summed E-state index contributed by atoms with van der Waals surface area (Å²) in [5, 5.41) is 2.25. The van der Waals surface area contributed by atoms with Crippen molar-refractivity contribution in [3.63, 3.8) is 0 Å². The van der Waals surface area contributed by atoms with E-state index in [1.54, 1.807) is 0 Å². The number of amides is 1. The molecule has 0 bridgehead atoms. The summed E-state index contributed by atoms with van der Waals surface area (Å²) >= 11 is 0. The summed E-state index contributed by atoms with van der Waals surface area (Å²) < 4.78 is 0. The maximum Gasteiger partial charge on any atom is 0.249 e. The van der Waals surface area contributed by atoms with Crippen LogP contribution in [0.5, 0.6) is 0 Å². The van der Waals surface area contributed by atoms with Crippen LogP contribution in [-0.4, -0.2) is 5.91 Å². The van der Waals surface area contributed by atoms with E-state index in [1.165, 1.54) is 16.5 Å². The Morgan fingerprint density at radius 2 is 1.80 bits per heavy atom. The Kier molecular flexibility index (Phi) is 1.60. The number of rotatable bonds is 1. The molecule has 2 N–H and O–H groups in total. The van der Waals surface area contributed by atoms with Crippen molar-refractivity contribution in [1.29, 1.82) is 0 Å². The van der Waals surface area contributed by atoms with Crippen molar-refractivity contribution in [1.82, 2.24) is 0 Å². The molecule has 0 saturated heterocycles. The fraction of sp³-hybridized carbons (Fsp3) is 0.154. The molecule has 0 spiro atoms.